The Morgan fingerprint density at radius 2 is 2.25 bits per heavy atom. The molecular weight excluding hydrogens is 278 g/mol. The summed E-state index contributed by atoms with van der Waals surface area (Å²) in [6, 6.07) is 1.77. The van der Waals surface area contributed by atoms with Crippen LogP contribution in [0.5, 0.6) is 0 Å². The summed E-state index contributed by atoms with van der Waals surface area (Å²) >= 11 is 1.36. The van der Waals surface area contributed by atoms with Gasteiger partial charge in [-0.3, -0.25) is 4.79 Å². The van der Waals surface area contributed by atoms with Gasteiger partial charge in [0.15, 0.2) is 0 Å². The molecule has 20 heavy (non-hydrogen) atoms. The van der Waals surface area contributed by atoms with E-state index in [2.05, 4.69) is 0 Å². The Labute approximate surface area is 121 Å². The van der Waals surface area contributed by atoms with E-state index in [0.717, 1.165) is 11.0 Å². The van der Waals surface area contributed by atoms with Gasteiger partial charge in [0.2, 0.25) is 0 Å². The van der Waals surface area contributed by atoms with Gasteiger partial charge in [-0.25, -0.2) is 4.79 Å². The Morgan fingerprint density at radius 1 is 1.50 bits per heavy atom. The Morgan fingerprint density at radius 3 is 2.95 bits per heavy atom. The second-order valence-electron chi connectivity index (χ2n) is 4.86. The number of aliphatic carboxylic acids is 1. The molecule has 1 amide bonds. The first-order valence-electron chi connectivity index (χ1n) is 6.39. The van der Waals surface area contributed by atoms with E-state index in [1.807, 2.05) is 13.8 Å². The van der Waals surface area contributed by atoms with E-state index in [0.29, 0.717) is 18.7 Å². The normalized spacial score (nSPS) is 23.2. The van der Waals surface area contributed by atoms with E-state index < -0.39 is 5.97 Å². The number of rotatable bonds is 3. The van der Waals surface area contributed by atoms with Crippen LogP contribution >= 0.6 is 11.3 Å². The van der Waals surface area contributed by atoms with Crippen molar-refractivity contribution in [2.45, 2.75) is 26.0 Å². The molecule has 108 valence electrons. The summed E-state index contributed by atoms with van der Waals surface area (Å²) in [5.41, 5.74) is 0.598. The van der Waals surface area contributed by atoms with Crippen molar-refractivity contribution in [1.82, 2.24) is 4.90 Å². The number of hydrogen-bond donors (Lipinski definition) is 1. The van der Waals surface area contributed by atoms with Crippen LogP contribution < -0.4 is 0 Å². The summed E-state index contributed by atoms with van der Waals surface area (Å²) < 4.78 is 5.51. The van der Waals surface area contributed by atoms with Gasteiger partial charge in [-0.15, -0.1) is 11.3 Å². The number of nitrogens with zero attached hydrogens (tertiary/aromatic N) is 1. The van der Waals surface area contributed by atoms with Crippen LogP contribution in [0.25, 0.3) is 6.08 Å². The molecule has 2 unspecified atom stereocenters. The van der Waals surface area contributed by atoms with E-state index >= 15 is 0 Å². The number of carbonyl (C=O) groups excluding carboxylic acids is 1. The summed E-state index contributed by atoms with van der Waals surface area (Å²) in [6.45, 7) is 5.03. The Bertz CT molecular complexity index is 537. The molecule has 1 fully saturated rings. The van der Waals surface area contributed by atoms with Crippen molar-refractivity contribution in [3.05, 3.63) is 28.0 Å². The number of hydrogen-bond acceptors (Lipinski definition) is 4. The van der Waals surface area contributed by atoms with Crippen molar-refractivity contribution in [3.63, 3.8) is 0 Å². The summed E-state index contributed by atoms with van der Waals surface area (Å²) in [4.78, 5) is 25.5. The summed E-state index contributed by atoms with van der Waals surface area (Å²) in [7, 11) is 0. The lowest BCUT2D eigenvalue weighted by Crippen LogP contribution is -2.50. The average Bonchev–Trinajstić information content (AvgIpc) is 2.87. The molecule has 1 aliphatic rings. The molecule has 0 bridgehead atoms. The standard InChI is InChI=1S/C14H17NO4S/c1-9-7-19-10(2)6-15(9)14(18)11-5-12(20-8-11)3-4-13(16)17/h3-5,8-10H,6-7H2,1-2H3,(H,16,17). The van der Waals surface area contributed by atoms with Gasteiger partial charge in [-0.1, -0.05) is 0 Å². The average molecular weight is 295 g/mol. The molecule has 2 rings (SSSR count). The zero-order valence-electron chi connectivity index (χ0n) is 11.4. The van der Waals surface area contributed by atoms with Crippen LogP contribution in [0, 0.1) is 0 Å². The third-order valence-corrected chi connectivity index (χ3v) is 4.02. The van der Waals surface area contributed by atoms with E-state index in [-0.39, 0.29) is 18.1 Å². The quantitative estimate of drug-likeness (QED) is 0.867. The first-order chi connectivity index (χ1) is 9.47. The lowest BCUT2D eigenvalue weighted by Gasteiger charge is -2.36. The van der Waals surface area contributed by atoms with Crippen LogP contribution in [0.2, 0.25) is 0 Å². The number of ether oxygens (including phenoxy) is 1. The highest BCUT2D eigenvalue weighted by molar-refractivity contribution is 7.11. The number of carboxylic acids is 1. The lowest BCUT2D eigenvalue weighted by molar-refractivity contribution is -0.131. The molecule has 2 atom stereocenters. The van der Waals surface area contributed by atoms with Crippen LogP contribution in [0.15, 0.2) is 17.5 Å². The smallest absolute Gasteiger partial charge is 0.328 e. The topological polar surface area (TPSA) is 66.8 Å². The van der Waals surface area contributed by atoms with Gasteiger partial charge in [0.05, 0.1) is 24.3 Å². The third-order valence-electron chi connectivity index (χ3n) is 3.13. The molecule has 1 aromatic rings. The molecule has 2 heterocycles. The molecule has 6 heteroatoms. The zero-order chi connectivity index (χ0) is 14.7. The first kappa shape index (κ1) is 14.7. The molecule has 1 saturated heterocycles. The molecule has 0 saturated carbocycles. The van der Waals surface area contributed by atoms with E-state index in [4.69, 9.17) is 9.84 Å². The van der Waals surface area contributed by atoms with Crippen molar-refractivity contribution in [2.75, 3.05) is 13.2 Å². The minimum absolute atomic E-state index is 0.0288. The molecule has 0 aliphatic carbocycles. The number of amides is 1. The van der Waals surface area contributed by atoms with Crippen LogP contribution in [0.4, 0.5) is 0 Å². The molecule has 0 spiro atoms. The van der Waals surface area contributed by atoms with Crippen LogP contribution in [-0.2, 0) is 9.53 Å². The maximum absolute atomic E-state index is 12.4. The second kappa shape index (κ2) is 6.19. The summed E-state index contributed by atoms with van der Waals surface area (Å²) in [6.07, 6.45) is 2.61. The Kier molecular flexibility index (Phi) is 4.57. The number of morpholine rings is 1. The second-order valence-corrected chi connectivity index (χ2v) is 5.80. The molecule has 5 nitrogen and oxygen atoms in total. The van der Waals surface area contributed by atoms with Gasteiger partial charge in [-0.05, 0) is 26.0 Å². The summed E-state index contributed by atoms with van der Waals surface area (Å²) in [5.74, 6) is -1.03. The third kappa shape index (κ3) is 3.46. The van der Waals surface area contributed by atoms with Crippen molar-refractivity contribution < 1.29 is 19.4 Å². The van der Waals surface area contributed by atoms with Crippen molar-refractivity contribution in [2.24, 2.45) is 0 Å². The zero-order valence-corrected chi connectivity index (χ0v) is 12.2. The van der Waals surface area contributed by atoms with Crippen molar-refractivity contribution in [1.29, 1.82) is 0 Å². The fourth-order valence-corrected chi connectivity index (χ4v) is 2.83. The van der Waals surface area contributed by atoms with Gasteiger partial charge >= 0.3 is 5.97 Å². The van der Waals surface area contributed by atoms with Crippen LogP contribution in [0.1, 0.15) is 29.1 Å². The predicted molar refractivity (Wildman–Crippen MR) is 76.9 cm³/mol. The number of carboxylic acid groups (broad SMARTS) is 1. The van der Waals surface area contributed by atoms with Gasteiger partial charge in [0.1, 0.15) is 0 Å². The first-order valence-corrected chi connectivity index (χ1v) is 7.27. The Hall–Kier alpha value is -1.66. The van der Waals surface area contributed by atoms with E-state index in [1.165, 1.54) is 17.4 Å². The van der Waals surface area contributed by atoms with E-state index in [1.54, 1.807) is 16.3 Å². The maximum atomic E-state index is 12.4. The largest absolute Gasteiger partial charge is 0.478 e. The minimum Gasteiger partial charge on any atom is -0.478 e. The number of thiophene rings is 1. The highest BCUT2D eigenvalue weighted by Crippen LogP contribution is 2.21. The molecule has 1 aliphatic heterocycles. The summed E-state index contributed by atoms with van der Waals surface area (Å²) in [5, 5.41) is 10.3. The Balaban J connectivity index is 2.11. The minimum atomic E-state index is -0.998. The molecule has 0 radical (unpaired) electrons. The van der Waals surface area contributed by atoms with Crippen LogP contribution in [0.3, 0.4) is 0 Å². The maximum Gasteiger partial charge on any atom is 0.328 e. The van der Waals surface area contributed by atoms with Crippen LogP contribution in [-0.4, -0.2) is 47.2 Å². The van der Waals surface area contributed by atoms with E-state index in [9.17, 15) is 9.59 Å². The number of carbonyl (C=O) groups is 2. The van der Waals surface area contributed by atoms with Gasteiger partial charge < -0.3 is 14.7 Å². The lowest BCUT2D eigenvalue weighted by atomic mass is 10.1. The van der Waals surface area contributed by atoms with Crippen molar-refractivity contribution >= 4 is 29.3 Å². The SMILES string of the molecule is CC1CN(C(=O)c2csc(C=CC(=O)O)c2)C(C)CO1. The fourth-order valence-electron chi connectivity index (χ4n) is 2.06. The predicted octanol–water partition coefficient (Wildman–Crippen LogP) is 2.10. The fraction of sp³-hybridized carbons (Fsp3) is 0.429. The van der Waals surface area contributed by atoms with Gasteiger partial charge in [-0.2, -0.15) is 0 Å². The molecule has 0 aromatic carbocycles. The molecular formula is C14H17NO4S. The molecule has 1 N–H and O–H groups in total. The van der Waals surface area contributed by atoms with Crippen molar-refractivity contribution in [3.8, 4) is 0 Å². The monoisotopic (exact) mass is 295 g/mol. The van der Waals surface area contributed by atoms with Gasteiger partial charge in [0, 0.05) is 22.9 Å². The molecule has 1 aromatic heterocycles. The highest BCUT2D eigenvalue weighted by atomic mass is 32.1. The van der Waals surface area contributed by atoms with Gasteiger partial charge in [0.25, 0.3) is 5.91 Å². The highest BCUT2D eigenvalue weighted by Gasteiger charge is 2.28.